The van der Waals surface area contributed by atoms with Crippen molar-refractivity contribution in [1.29, 1.82) is 0 Å². The fourth-order valence-electron chi connectivity index (χ4n) is 3.57. The SMILES string of the molecule is C#C.C#C.C=C/C(=C\C=C\C(=O)O)CO/C(C)=C/C=C(C)/C(C)=C/C/C=C(\C/C=C/c1nc(-c2ccc(Cl)cc2Cl)cn1C)OC.CC.CC. The first-order valence-corrected chi connectivity index (χ1v) is 16.7. The van der Waals surface area contributed by atoms with Crippen molar-refractivity contribution >= 4 is 35.2 Å². The molecule has 1 aromatic carbocycles. The van der Waals surface area contributed by atoms with E-state index >= 15 is 0 Å². The number of carbonyl (C=O) groups is 1. The van der Waals surface area contributed by atoms with Gasteiger partial charge in [-0.2, -0.15) is 0 Å². The van der Waals surface area contributed by atoms with E-state index in [0.717, 1.165) is 57.8 Å². The van der Waals surface area contributed by atoms with Crippen LogP contribution >= 0.6 is 23.2 Å². The summed E-state index contributed by atoms with van der Waals surface area (Å²) in [7, 11) is 3.61. The van der Waals surface area contributed by atoms with Crippen LogP contribution in [0, 0.1) is 25.7 Å². The van der Waals surface area contributed by atoms with Gasteiger partial charge in [0.15, 0.2) is 0 Å². The fraction of sp³-hybridized carbons (Fsp3) is 0.286. The molecule has 0 aliphatic carbocycles. The first-order valence-electron chi connectivity index (χ1n) is 16.0. The number of imidazole rings is 1. The molecular weight excluding hydrogens is 667 g/mol. The summed E-state index contributed by atoms with van der Waals surface area (Å²) >= 11 is 12.4. The Hall–Kier alpha value is -4.88. The number of rotatable bonds is 15. The minimum atomic E-state index is -1.00. The topological polar surface area (TPSA) is 73.6 Å². The second kappa shape index (κ2) is 31.4. The summed E-state index contributed by atoms with van der Waals surface area (Å²) in [6.07, 6.45) is 37.2. The second-order valence-electron chi connectivity index (χ2n) is 9.38. The van der Waals surface area contributed by atoms with Crippen molar-refractivity contribution in [1.82, 2.24) is 9.55 Å². The third-order valence-corrected chi connectivity index (χ3v) is 6.75. The Balaban J connectivity index is -0.00000257. The van der Waals surface area contributed by atoms with Gasteiger partial charge in [-0.25, -0.2) is 9.78 Å². The number of ether oxygens (including phenoxy) is 2. The summed E-state index contributed by atoms with van der Waals surface area (Å²) in [6.45, 7) is 18.0. The van der Waals surface area contributed by atoms with Crippen LogP contribution in [0.25, 0.3) is 17.3 Å². The highest BCUT2D eigenvalue weighted by Gasteiger charge is 2.09. The third-order valence-electron chi connectivity index (χ3n) is 6.20. The molecule has 270 valence electrons. The zero-order valence-electron chi connectivity index (χ0n) is 31.0. The maximum atomic E-state index is 10.6. The maximum absolute atomic E-state index is 10.6. The zero-order chi connectivity index (χ0) is 39.1. The largest absolute Gasteiger partial charge is 0.501 e. The number of hydrogen-bond donors (Lipinski definition) is 1. The molecule has 0 bridgehead atoms. The van der Waals surface area contributed by atoms with Gasteiger partial charge in [-0.3, -0.25) is 0 Å². The van der Waals surface area contributed by atoms with Gasteiger partial charge in [0.2, 0.25) is 0 Å². The summed E-state index contributed by atoms with van der Waals surface area (Å²) in [4.78, 5) is 15.3. The molecule has 1 aromatic heterocycles. The van der Waals surface area contributed by atoms with Crippen LogP contribution in [-0.2, 0) is 21.3 Å². The quantitative estimate of drug-likeness (QED) is 0.0858. The van der Waals surface area contributed by atoms with E-state index < -0.39 is 5.97 Å². The van der Waals surface area contributed by atoms with Crippen LogP contribution in [0.4, 0.5) is 0 Å². The molecule has 0 aliphatic rings. The minimum absolute atomic E-state index is 0.300. The predicted molar refractivity (Wildman–Crippen MR) is 217 cm³/mol. The Labute approximate surface area is 311 Å². The number of aromatic nitrogens is 2. The number of aliphatic carboxylic acids is 1. The molecule has 0 saturated carbocycles. The Morgan fingerprint density at radius 3 is 2.20 bits per heavy atom. The molecule has 0 aliphatic heterocycles. The number of allylic oxidation sites excluding steroid dienone is 10. The smallest absolute Gasteiger partial charge is 0.328 e. The number of hydrogen-bond acceptors (Lipinski definition) is 4. The molecule has 0 saturated heterocycles. The summed E-state index contributed by atoms with van der Waals surface area (Å²) in [5, 5.41) is 9.84. The van der Waals surface area contributed by atoms with Gasteiger partial charge in [0, 0.05) is 36.3 Å². The van der Waals surface area contributed by atoms with Crippen molar-refractivity contribution in [2.24, 2.45) is 7.05 Å². The summed E-state index contributed by atoms with van der Waals surface area (Å²) in [6, 6.07) is 5.38. The molecule has 2 aromatic rings. The van der Waals surface area contributed by atoms with Crippen LogP contribution < -0.4 is 0 Å². The number of carboxylic acids is 1. The molecule has 0 spiro atoms. The predicted octanol–water partition coefficient (Wildman–Crippen LogP) is 11.8. The van der Waals surface area contributed by atoms with Gasteiger partial charge < -0.3 is 19.1 Å². The number of carboxylic acid groups (broad SMARTS) is 1. The lowest BCUT2D eigenvalue weighted by Crippen LogP contribution is -1.94. The number of halogens is 2. The average Bonchev–Trinajstić information content (AvgIpc) is 3.50. The molecular formula is C42H54Cl2N2O4. The molecule has 1 N–H and O–H groups in total. The van der Waals surface area contributed by atoms with Gasteiger partial charge in [-0.05, 0) is 74.8 Å². The van der Waals surface area contributed by atoms with E-state index in [2.05, 4.69) is 51.3 Å². The van der Waals surface area contributed by atoms with Crippen LogP contribution in [0.15, 0.2) is 114 Å². The molecule has 1 heterocycles. The van der Waals surface area contributed by atoms with Crippen LogP contribution in [0.5, 0.6) is 0 Å². The third kappa shape index (κ3) is 21.2. The van der Waals surface area contributed by atoms with Crippen molar-refractivity contribution in [3.05, 3.63) is 130 Å². The minimum Gasteiger partial charge on any atom is -0.501 e. The van der Waals surface area contributed by atoms with E-state index in [-0.39, 0.29) is 0 Å². The molecule has 8 heteroatoms. The van der Waals surface area contributed by atoms with Gasteiger partial charge >= 0.3 is 5.97 Å². The molecule has 0 radical (unpaired) electrons. The van der Waals surface area contributed by atoms with Crippen LogP contribution in [0.2, 0.25) is 10.0 Å². The number of methoxy groups -OCH3 is 1. The summed E-state index contributed by atoms with van der Waals surface area (Å²) < 4.78 is 13.3. The van der Waals surface area contributed by atoms with E-state index in [1.807, 2.05) is 89.7 Å². The highest BCUT2D eigenvalue weighted by Crippen LogP contribution is 2.29. The van der Waals surface area contributed by atoms with Crippen molar-refractivity contribution in [3.63, 3.8) is 0 Å². The van der Waals surface area contributed by atoms with Gasteiger partial charge in [0.25, 0.3) is 0 Å². The number of benzene rings is 1. The van der Waals surface area contributed by atoms with Crippen molar-refractivity contribution in [3.8, 4) is 37.0 Å². The fourth-order valence-corrected chi connectivity index (χ4v) is 4.07. The normalized spacial score (nSPS) is 11.9. The number of aryl methyl sites for hydroxylation is 1. The summed E-state index contributed by atoms with van der Waals surface area (Å²) in [5.41, 5.74) is 4.65. The lowest BCUT2D eigenvalue weighted by molar-refractivity contribution is -0.131. The maximum Gasteiger partial charge on any atom is 0.328 e. The molecule has 0 amide bonds. The van der Waals surface area contributed by atoms with Gasteiger partial charge in [-0.15, -0.1) is 25.7 Å². The summed E-state index contributed by atoms with van der Waals surface area (Å²) in [5.74, 6) is 1.40. The van der Waals surface area contributed by atoms with Crippen molar-refractivity contribution in [2.75, 3.05) is 13.7 Å². The zero-order valence-corrected chi connectivity index (χ0v) is 32.6. The van der Waals surface area contributed by atoms with Crippen LogP contribution in [0.3, 0.4) is 0 Å². The molecule has 0 atom stereocenters. The van der Waals surface area contributed by atoms with Gasteiger partial charge in [-0.1, -0.05) is 99.5 Å². The van der Waals surface area contributed by atoms with Crippen LogP contribution in [-0.4, -0.2) is 34.3 Å². The monoisotopic (exact) mass is 720 g/mol. The lowest BCUT2D eigenvalue weighted by Gasteiger charge is -2.06. The Morgan fingerprint density at radius 1 is 1.00 bits per heavy atom. The number of nitrogens with zero attached hydrogens (tertiary/aromatic N) is 2. The average molecular weight is 722 g/mol. The highest BCUT2D eigenvalue weighted by atomic mass is 35.5. The Bertz CT molecular complexity index is 1560. The van der Waals surface area contributed by atoms with E-state index in [1.54, 1.807) is 31.4 Å². The molecule has 0 fully saturated rings. The van der Waals surface area contributed by atoms with E-state index in [9.17, 15) is 4.79 Å². The standard InChI is InChI=1S/C34H38Cl2N2O4.2C2H6.2C2H2/c1-7-27(12-9-16-34(39)40)23-42-26(4)18-17-25(3)24(2)11-8-13-29(41-6)14-10-15-33-37-32(22-38(33)5)30-20-19-28(35)21-31(30)36;4*1-2/h7,9-13,15-22H,1,8,14,23H2,2-6H3,(H,39,40);2*1-2H3;2*1-2H/b15-10+,16-9+,24-11+,25-17+,26-18+,27-12+,29-13+;;;;. The van der Waals surface area contributed by atoms with E-state index in [4.69, 9.17) is 42.8 Å². The van der Waals surface area contributed by atoms with Gasteiger partial charge in [0.05, 0.1) is 29.3 Å². The van der Waals surface area contributed by atoms with Crippen molar-refractivity contribution < 1.29 is 19.4 Å². The Morgan fingerprint density at radius 2 is 1.64 bits per heavy atom. The first kappa shape index (κ1) is 49.5. The van der Waals surface area contributed by atoms with Crippen LogP contribution in [0.1, 0.15) is 67.1 Å². The Kier molecular flexibility index (Phi) is 31.1. The second-order valence-corrected chi connectivity index (χ2v) is 10.2. The first-order chi connectivity index (χ1) is 24.0. The number of terminal acetylenes is 2. The van der Waals surface area contributed by atoms with Crippen molar-refractivity contribution in [2.45, 2.75) is 61.3 Å². The molecule has 2 rings (SSSR count). The lowest BCUT2D eigenvalue weighted by atomic mass is 10.1. The highest BCUT2D eigenvalue weighted by molar-refractivity contribution is 6.36. The molecule has 0 unspecified atom stereocenters. The van der Waals surface area contributed by atoms with Gasteiger partial charge in [0.1, 0.15) is 12.4 Å². The molecule has 50 heavy (non-hydrogen) atoms. The molecule has 6 nitrogen and oxygen atoms in total. The van der Waals surface area contributed by atoms with E-state index in [1.165, 1.54) is 6.08 Å². The van der Waals surface area contributed by atoms with E-state index in [0.29, 0.717) is 23.1 Å².